The molecule has 0 aliphatic rings. The van der Waals surface area contributed by atoms with Crippen molar-refractivity contribution in [2.75, 3.05) is 0 Å². The quantitative estimate of drug-likeness (QED) is 0.663. The van der Waals surface area contributed by atoms with Crippen molar-refractivity contribution in [2.45, 2.75) is 6.61 Å². The Morgan fingerprint density at radius 1 is 1.44 bits per heavy atom. The summed E-state index contributed by atoms with van der Waals surface area (Å²) >= 11 is 2.19. The van der Waals surface area contributed by atoms with Gasteiger partial charge >= 0.3 is 0 Å². The molecule has 0 saturated carbocycles. The first kappa shape index (κ1) is 7.02. The molecule has 0 saturated heterocycles. The molecule has 47 valence electrons. The molecule has 1 nitrogen and oxygen atoms in total. The van der Waals surface area contributed by atoms with E-state index < -0.39 is 0 Å². The number of halogens is 1. The fourth-order valence-electron chi connectivity index (χ4n) is 0.627. The third kappa shape index (κ3) is 1.95. The van der Waals surface area contributed by atoms with Crippen molar-refractivity contribution >= 4 is 22.6 Å². The monoisotopic (exact) mass is 233 g/mol. The molecule has 0 unspecified atom stereocenters. The normalized spacial score (nSPS) is 9.56. The van der Waals surface area contributed by atoms with Gasteiger partial charge in [0.05, 0.1) is 0 Å². The van der Waals surface area contributed by atoms with Crippen LogP contribution in [0.25, 0.3) is 0 Å². The Balaban J connectivity index is 2.94. The highest BCUT2D eigenvalue weighted by Crippen LogP contribution is 2.06. The Morgan fingerprint density at radius 3 is 2.67 bits per heavy atom. The van der Waals surface area contributed by atoms with E-state index in [0.29, 0.717) is 0 Å². The molecule has 1 aromatic carbocycles. The molecule has 0 aliphatic carbocycles. The minimum absolute atomic E-state index is 0.114. The predicted molar refractivity (Wildman–Crippen MR) is 43.5 cm³/mol. The van der Waals surface area contributed by atoms with Gasteiger partial charge in [0.1, 0.15) is 6.61 Å². The highest BCUT2D eigenvalue weighted by atomic mass is 127. The zero-order valence-corrected chi connectivity index (χ0v) is 6.96. The zero-order valence-electron chi connectivity index (χ0n) is 4.80. The van der Waals surface area contributed by atoms with Crippen LogP contribution < -0.4 is 0 Å². The third-order valence-electron chi connectivity index (χ3n) is 1.06. The van der Waals surface area contributed by atoms with Crippen LogP contribution >= 0.6 is 22.6 Å². The SMILES string of the molecule is [O]Cc1cccc(I)c1. The minimum Gasteiger partial charge on any atom is -0.232 e. The van der Waals surface area contributed by atoms with Crippen molar-refractivity contribution in [1.29, 1.82) is 0 Å². The Morgan fingerprint density at radius 2 is 2.22 bits per heavy atom. The summed E-state index contributed by atoms with van der Waals surface area (Å²) in [6.07, 6.45) is 0. The van der Waals surface area contributed by atoms with E-state index in [4.69, 9.17) is 0 Å². The smallest absolute Gasteiger partial charge is 0.107 e. The molecule has 9 heavy (non-hydrogen) atoms. The molecule has 2 heteroatoms. The molecule has 1 rings (SSSR count). The van der Waals surface area contributed by atoms with Gasteiger partial charge in [-0.05, 0) is 40.3 Å². The predicted octanol–water partition coefficient (Wildman–Crippen LogP) is 2.22. The largest absolute Gasteiger partial charge is 0.232 e. The number of benzene rings is 1. The van der Waals surface area contributed by atoms with E-state index in [0.717, 1.165) is 9.13 Å². The lowest BCUT2D eigenvalue weighted by Crippen LogP contribution is -1.80. The van der Waals surface area contributed by atoms with E-state index in [-0.39, 0.29) is 6.61 Å². The van der Waals surface area contributed by atoms with Crippen LogP contribution in [-0.4, -0.2) is 0 Å². The second kappa shape index (κ2) is 3.17. The summed E-state index contributed by atoms with van der Waals surface area (Å²) in [6, 6.07) is 7.61. The van der Waals surface area contributed by atoms with Crippen molar-refractivity contribution < 1.29 is 5.11 Å². The summed E-state index contributed by atoms with van der Waals surface area (Å²) in [5.41, 5.74) is 0.863. The molecule has 1 aromatic rings. The van der Waals surface area contributed by atoms with Crippen LogP contribution in [0, 0.1) is 3.57 Å². The summed E-state index contributed by atoms with van der Waals surface area (Å²) in [7, 11) is 0. The van der Waals surface area contributed by atoms with Crippen molar-refractivity contribution in [2.24, 2.45) is 0 Å². The average Bonchev–Trinajstić information content (AvgIpc) is 1.88. The zero-order chi connectivity index (χ0) is 6.69. The van der Waals surface area contributed by atoms with Gasteiger partial charge in [-0.1, -0.05) is 12.1 Å². The van der Waals surface area contributed by atoms with E-state index in [1.54, 1.807) is 0 Å². The average molecular weight is 233 g/mol. The standard InChI is InChI=1S/C7H6IO/c8-7-3-1-2-6(4-7)5-9/h1-4H,5H2. The van der Waals surface area contributed by atoms with Gasteiger partial charge in [0.2, 0.25) is 0 Å². The summed E-state index contributed by atoms with van der Waals surface area (Å²) in [5, 5.41) is 10.3. The molecular formula is C7H6IO. The Labute approximate surface area is 67.9 Å². The van der Waals surface area contributed by atoms with Gasteiger partial charge in [0.15, 0.2) is 0 Å². The molecule has 0 N–H and O–H groups in total. The molecule has 1 radical (unpaired) electrons. The van der Waals surface area contributed by atoms with E-state index in [2.05, 4.69) is 22.6 Å². The highest BCUT2D eigenvalue weighted by Gasteiger charge is 1.89. The fraction of sp³-hybridized carbons (Fsp3) is 0.143. The molecule has 0 aromatic heterocycles. The Bertz CT molecular complexity index is 198. The highest BCUT2D eigenvalue weighted by molar-refractivity contribution is 14.1. The first-order valence-corrected chi connectivity index (χ1v) is 3.73. The second-order valence-corrected chi connectivity index (χ2v) is 3.02. The van der Waals surface area contributed by atoms with E-state index in [9.17, 15) is 5.11 Å². The maximum Gasteiger partial charge on any atom is 0.107 e. The first-order valence-electron chi connectivity index (χ1n) is 2.65. The second-order valence-electron chi connectivity index (χ2n) is 1.77. The molecule has 0 amide bonds. The molecule has 0 fully saturated rings. The van der Waals surface area contributed by atoms with Crippen molar-refractivity contribution in [3.05, 3.63) is 33.4 Å². The lowest BCUT2D eigenvalue weighted by Gasteiger charge is -1.92. The molecule has 0 atom stereocenters. The lowest BCUT2D eigenvalue weighted by atomic mass is 10.2. The van der Waals surface area contributed by atoms with Gasteiger partial charge in [0, 0.05) is 3.57 Å². The van der Waals surface area contributed by atoms with Gasteiger partial charge in [-0.3, -0.25) is 0 Å². The molecule has 0 bridgehead atoms. The fourth-order valence-corrected chi connectivity index (χ4v) is 1.23. The van der Waals surface area contributed by atoms with Gasteiger partial charge in [-0.2, -0.15) is 0 Å². The van der Waals surface area contributed by atoms with Gasteiger partial charge in [-0.25, -0.2) is 5.11 Å². The van der Waals surface area contributed by atoms with Crippen LogP contribution in [0.2, 0.25) is 0 Å². The van der Waals surface area contributed by atoms with E-state index >= 15 is 0 Å². The Hall–Kier alpha value is -0.0900. The first-order chi connectivity index (χ1) is 4.33. The number of hydrogen-bond donors (Lipinski definition) is 0. The van der Waals surface area contributed by atoms with E-state index in [1.165, 1.54) is 0 Å². The topological polar surface area (TPSA) is 19.9 Å². The van der Waals surface area contributed by atoms with Crippen LogP contribution in [0.15, 0.2) is 24.3 Å². The van der Waals surface area contributed by atoms with Crippen LogP contribution in [-0.2, 0) is 11.7 Å². The van der Waals surface area contributed by atoms with Crippen LogP contribution in [0.4, 0.5) is 0 Å². The summed E-state index contributed by atoms with van der Waals surface area (Å²) in [6.45, 7) is -0.114. The van der Waals surface area contributed by atoms with Crippen molar-refractivity contribution in [3.63, 3.8) is 0 Å². The molecule has 0 aliphatic heterocycles. The summed E-state index contributed by atoms with van der Waals surface area (Å²) < 4.78 is 1.13. The van der Waals surface area contributed by atoms with E-state index in [1.807, 2.05) is 24.3 Å². The maximum atomic E-state index is 10.3. The van der Waals surface area contributed by atoms with Gasteiger partial charge in [0.25, 0.3) is 0 Å². The lowest BCUT2D eigenvalue weighted by molar-refractivity contribution is 0.177. The minimum atomic E-state index is -0.114. The summed E-state index contributed by atoms with van der Waals surface area (Å²) in [5.74, 6) is 0. The maximum absolute atomic E-state index is 10.3. The summed E-state index contributed by atoms with van der Waals surface area (Å²) in [4.78, 5) is 0. The van der Waals surface area contributed by atoms with Crippen LogP contribution in [0.3, 0.4) is 0 Å². The van der Waals surface area contributed by atoms with Gasteiger partial charge < -0.3 is 0 Å². The number of rotatable bonds is 1. The molecule has 0 spiro atoms. The Kier molecular flexibility index (Phi) is 2.48. The van der Waals surface area contributed by atoms with Crippen LogP contribution in [0.5, 0.6) is 0 Å². The van der Waals surface area contributed by atoms with Gasteiger partial charge in [-0.15, -0.1) is 0 Å². The van der Waals surface area contributed by atoms with Crippen LogP contribution in [0.1, 0.15) is 5.56 Å². The van der Waals surface area contributed by atoms with Crippen molar-refractivity contribution in [3.8, 4) is 0 Å². The molecular weight excluding hydrogens is 227 g/mol. The third-order valence-corrected chi connectivity index (χ3v) is 1.73. The molecule has 0 heterocycles. The number of hydrogen-bond acceptors (Lipinski definition) is 0. The van der Waals surface area contributed by atoms with Crippen molar-refractivity contribution in [1.82, 2.24) is 0 Å².